The summed E-state index contributed by atoms with van der Waals surface area (Å²) in [4.78, 5) is 14.4. The van der Waals surface area contributed by atoms with E-state index < -0.39 is 0 Å². The van der Waals surface area contributed by atoms with Gasteiger partial charge in [0.15, 0.2) is 5.58 Å². The van der Waals surface area contributed by atoms with Crippen LogP contribution >= 0.6 is 0 Å². The first kappa shape index (κ1) is 16.1. The summed E-state index contributed by atoms with van der Waals surface area (Å²) in [5, 5.41) is 4.24. The van der Waals surface area contributed by atoms with E-state index in [-0.39, 0.29) is 11.9 Å². The van der Waals surface area contributed by atoms with Gasteiger partial charge in [-0.3, -0.25) is 14.1 Å². The number of morpholine rings is 1. The molecule has 3 heterocycles. The smallest absolute Gasteiger partial charge is 0.408 e. The molecule has 0 spiro atoms. The fourth-order valence-electron chi connectivity index (χ4n) is 3.39. The van der Waals surface area contributed by atoms with E-state index in [4.69, 9.17) is 9.15 Å². The average Bonchev–Trinajstić information content (AvgIpc) is 3.23. The Kier molecular flexibility index (Phi) is 4.67. The monoisotopic (exact) mass is 342 g/mol. The highest BCUT2D eigenvalue weighted by atomic mass is 16.5. The maximum atomic E-state index is 12.0. The maximum Gasteiger partial charge on any atom is 0.419 e. The highest BCUT2D eigenvalue weighted by Crippen LogP contribution is 2.13. The third kappa shape index (κ3) is 3.67. The van der Waals surface area contributed by atoms with Gasteiger partial charge in [0.2, 0.25) is 0 Å². The van der Waals surface area contributed by atoms with Gasteiger partial charge in [0.1, 0.15) is 0 Å². The zero-order valence-corrected chi connectivity index (χ0v) is 14.1. The minimum atomic E-state index is -0.278. The van der Waals surface area contributed by atoms with Crippen molar-refractivity contribution in [2.24, 2.45) is 0 Å². The predicted octanol–water partition coefficient (Wildman–Crippen LogP) is 1.58. The summed E-state index contributed by atoms with van der Waals surface area (Å²) >= 11 is 0. The standard InChI is InChI=1S/C18H22N4O3/c23-18-22(16-5-1-2-6-17(16)25-18)10-4-8-20-11-12-24-15(13-20)14-21-9-3-7-19-21/h1-3,5-7,9,15H,4,8,10-14H2/t15-/m0/s1. The second-order valence-corrected chi connectivity index (χ2v) is 6.36. The average molecular weight is 342 g/mol. The van der Waals surface area contributed by atoms with Crippen LogP contribution in [0.25, 0.3) is 11.1 Å². The molecule has 1 saturated heterocycles. The van der Waals surface area contributed by atoms with E-state index in [9.17, 15) is 4.79 Å². The molecular formula is C18H22N4O3. The summed E-state index contributed by atoms with van der Waals surface area (Å²) in [5.74, 6) is -0.278. The van der Waals surface area contributed by atoms with Crippen molar-refractivity contribution in [1.29, 1.82) is 0 Å². The van der Waals surface area contributed by atoms with Crippen molar-refractivity contribution in [1.82, 2.24) is 19.2 Å². The third-order valence-corrected chi connectivity index (χ3v) is 4.60. The van der Waals surface area contributed by atoms with Crippen molar-refractivity contribution in [3.63, 3.8) is 0 Å². The van der Waals surface area contributed by atoms with Crippen LogP contribution in [0.5, 0.6) is 0 Å². The van der Waals surface area contributed by atoms with Gasteiger partial charge in [-0.05, 0) is 24.6 Å². The lowest BCUT2D eigenvalue weighted by Gasteiger charge is -2.32. The van der Waals surface area contributed by atoms with Crippen molar-refractivity contribution in [2.75, 3.05) is 26.2 Å². The van der Waals surface area contributed by atoms with Crippen molar-refractivity contribution in [3.05, 3.63) is 53.3 Å². The number of fused-ring (bicyclic) bond motifs is 1. The predicted molar refractivity (Wildman–Crippen MR) is 93.5 cm³/mol. The summed E-state index contributed by atoms with van der Waals surface area (Å²) in [6, 6.07) is 9.48. The number of nitrogens with zero attached hydrogens (tertiary/aromatic N) is 4. The number of hydrogen-bond donors (Lipinski definition) is 0. The molecule has 1 aromatic carbocycles. The normalized spacial score (nSPS) is 18.8. The molecule has 4 rings (SSSR count). The molecule has 0 radical (unpaired) electrons. The number of para-hydroxylation sites is 2. The van der Waals surface area contributed by atoms with E-state index in [2.05, 4.69) is 10.00 Å². The van der Waals surface area contributed by atoms with Crippen LogP contribution in [-0.4, -0.2) is 51.6 Å². The fourth-order valence-corrected chi connectivity index (χ4v) is 3.39. The lowest BCUT2D eigenvalue weighted by molar-refractivity contribution is -0.0379. The highest BCUT2D eigenvalue weighted by molar-refractivity contribution is 5.72. The van der Waals surface area contributed by atoms with Gasteiger partial charge in [0, 0.05) is 38.6 Å². The van der Waals surface area contributed by atoms with Crippen LogP contribution in [0.2, 0.25) is 0 Å². The Morgan fingerprint density at radius 2 is 2.12 bits per heavy atom. The minimum Gasteiger partial charge on any atom is -0.408 e. The maximum absolute atomic E-state index is 12.0. The molecule has 0 amide bonds. The second kappa shape index (κ2) is 7.25. The quantitative estimate of drug-likeness (QED) is 0.680. The van der Waals surface area contributed by atoms with Gasteiger partial charge in [-0.1, -0.05) is 12.1 Å². The lowest BCUT2D eigenvalue weighted by atomic mass is 10.2. The molecule has 3 aromatic rings. The number of oxazole rings is 1. The van der Waals surface area contributed by atoms with Crippen molar-refractivity contribution in [2.45, 2.75) is 25.6 Å². The third-order valence-electron chi connectivity index (χ3n) is 4.60. The van der Waals surface area contributed by atoms with Crippen LogP contribution < -0.4 is 5.76 Å². The second-order valence-electron chi connectivity index (χ2n) is 6.36. The molecule has 0 unspecified atom stereocenters. The molecule has 0 N–H and O–H groups in total. The molecule has 7 nitrogen and oxygen atoms in total. The molecule has 1 aliphatic heterocycles. The SMILES string of the molecule is O=c1oc2ccccc2n1CCCN1CCO[C@H](Cn2cccn2)C1. The molecule has 2 aromatic heterocycles. The number of benzene rings is 1. The highest BCUT2D eigenvalue weighted by Gasteiger charge is 2.20. The van der Waals surface area contributed by atoms with Gasteiger partial charge in [-0.2, -0.15) is 5.10 Å². The Morgan fingerprint density at radius 1 is 1.20 bits per heavy atom. The molecule has 1 atom stereocenters. The molecule has 1 fully saturated rings. The van der Waals surface area contributed by atoms with Gasteiger partial charge < -0.3 is 9.15 Å². The van der Waals surface area contributed by atoms with E-state index in [1.54, 1.807) is 10.8 Å². The Balaban J connectivity index is 1.32. The largest absolute Gasteiger partial charge is 0.419 e. The summed E-state index contributed by atoms with van der Waals surface area (Å²) in [6.07, 6.45) is 4.80. The van der Waals surface area contributed by atoms with Gasteiger partial charge >= 0.3 is 5.76 Å². The van der Waals surface area contributed by atoms with Crippen molar-refractivity contribution < 1.29 is 9.15 Å². The van der Waals surface area contributed by atoms with E-state index in [0.29, 0.717) is 12.1 Å². The van der Waals surface area contributed by atoms with Crippen LogP contribution in [0.3, 0.4) is 0 Å². The van der Waals surface area contributed by atoms with E-state index in [1.165, 1.54) is 0 Å². The van der Waals surface area contributed by atoms with Gasteiger partial charge in [0.05, 0.1) is 24.8 Å². The number of hydrogen-bond acceptors (Lipinski definition) is 5. The summed E-state index contributed by atoms with van der Waals surface area (Å²) < 4.78 is 14.7. The zero-order chi connectivity index (χ0) is 17.1. The molecule has 0 aliphatic carbocycles. The van der Waals surface area contributed by atoms with Crippen LogP contribution in [0.15, 0.2) is 51.9 Å². The summed E-state index contributed by atoms with van der Waals surface area (Å²) in [5.41, 5.74) is 1.52. The molecule has 7 heteroatoms. The van der Waals surface area contributed by atoms with Crippen LogP contribution in [0.4, 0.5) is 0 Å². The molecule has 1 aliphatic rings. The van der Waals surface area contributed by atoms with Crippen molar-refractivity contribution >= 4 is 11.1 Å². The summed E-state index contributed by atoms with van der Waals surface area (Å²) in [7, 11) is 0. The van der Waals surface area contributed by atoms with Gasteiger partial charge in [-0.25, -0.2) is 4.79 Å². The number of rotatable bonds is 6. The topological polar surface area (TPSA) is 65.4 Å². The number of aryl methyl sites for hydroxylation is 1. The lowest BCUT2D eigenvalue weighted by Crippen LogP contribution is -2.44. The van der Waals surface area contributed by atoms with Crippen LogP contribution in [-0.2, 0) is 17.8 Å². The van der Waals surface area contributed by atoms with Gasteiger partial charge in [0.25, 0.3) is 0 Å². The molecule has 25 heavy (non-hydrogen) atoms. The Bertz CT molecular complexity index is 868. The first-order valence-electron chi connectivity index (χ1n) is 8.69. The Hall–Kier alpha value is -2.38. The Labute approximate surface area is 145 Å². The van der Waals surface area contributed by atoms with E-state index in [0.717, 1.165) is 44.7 Å². The fraction of sp³-hybridized carbons (Fsp3) is 0.444. The number of ether oxygens (including phenoxy) is 1. The van der Waals surface area contributed by atoms with E-state index >= 15 is 0 Å². The molecule has 0 saturated carbocycles. The first-order chi connectivity index (χ1) is 12.3. The van der Waals surface area contributed by atoms with Crippen LogP contribution in [0, 0.1) is 0 Å². The van der Waals surface area contributed by atoms with E-state index in [1.807, 2.05) is 41.2 Å². The number of aromatic nitrogens is 3. The minimum absolute atomic E-state index is 0.158. The zero-order valence-electron chi connectivity index (χ0n) is 14.1. The van der Waals surface area contributed by atoms with Crippen LogP contribution in [0.1, 0.15) is 6.42 Å². The molecular weight excluding hydrogens is 320 g/mol. The van der Waals surface area contributed by atoms with Gasteiger partial charge in [-0.15, -0.1) is 0 Å². The first-order valence-corrected chi connectivity index (χ1v) is 8.69. The summed E-state index contributed by atoms with van der Waals surface area (Å²) in [6.45, 7) is 4.93. The molecule has 132 valence electrons. The molecule has 0 bridgehead atoms. The van der Waals surface area contributed by atoms with Crippen molar-refractivity contribution in [3.8, 4) is 0 Å². The Morgan fingerprint density at radius 3 is 3.00 bits per heavy atom.